The molecule has 5 heteroatoms. The maximum absolute atomic E-state index is 11.1. The van der Waals surface area contributed by atoms with Crippen molar-refractivity contribution >= 4 is 22.3 Å². The number of carboxylic acids is 1. The Labute approximate surface area is 117 Å². The van der Waals surface area contributed by atoms with E-state index in [0.29, 0.717) is 0 Å². The minimum Gasteiger partial charge on any atom is -0.481 e. The van der Waals surface area contributed by atoms with Crippen LogP contribution in [0.3, 0.4) is 0 Å². The predicted octanol–water partition coefficient (Wildman–Crippen LogP) is 3.44. The largest absolute Gasteiger partial charge is 0.481 e. The van der Waals surface area contributed by atoms with Gasteiger partial charge in [-0.3, -0.25) is 9.20 Å². The van der Waals surface area contributed by atoms with Crippen molar-refractivity contribution in [2.75, 3.05) is 0 Å². The summed E-state index contributed by atoms with van der Waals surface area (Å²) in [6.45, 7) is 10.5. The molecule has 19 heavy (non-hydrogen) atoms. The molecule has 0 aliphatic heterocycles. The summed E-state index contributed by atoms with van der Waals surface area (Å²) in [5.41, 5.74) is 2.83. The van der Waals surface area contributed by atoms with Gasteiger partial charge >= 0.3 is 5.97 Å². The van der Waals surface area contributed by atoms with Crippen molar-refractivity contribution in [1.82, 2.24) is 9.38 Å². The molecular formula is C14H20N2O2S. The topological polar surface area (TPSA) is 54.6 Å². The third-order valence-corrected chi connectivity index (χ3v) is 3.95. The van der Waals surface area contributed by atoms with Gasteiger partial charge in [-0.15, -0.1) is 11.3 Å². The molecule has 2 rings (SSSR count). The van der Waals surface area contributed by atoms with Crippen molar-refractivity contribution in [3.8, 4) is 0 Å². The summed E-state index contributed by atoms with van der Waals surface area (Å²) in [7, 11) is 0. The number of hydrogen-bond acceptors (Lipinski definition) is 3. The van der Waals surface area contributed by atoms with Gasteiger partial charge in [-0.2, -0.15) is 0 Å². The summed E-state index contributed by atoms with van der Waals surface area (Å²) in [4.78, 5) is 16.6. The van der Waals surface area contributed by atoms with Crippen LogP contribution >= 0.6 is 11.3 Å². The molecule has 0 spiro atoms. The number of hydrogen-bond donors (Lipinski definition) is 1. The van der Waals surface area contributed by atoms with Gasteiger partial charge in [-0.05, 0) is 5.92 Å². The van der Waals surface area contributed by atoms with Crippen molar-refractivity contribution in [3.63, 3.8) is 0 Å². The number of imidazole rings is 1. The number of aliphatic carboxylic acids is 1. The van der Waals surface area contributed by atoms with Crippen molar-refractivity contribution in [3.05, 3.63) is 22.5 Å². The zero-order valence-corrected chi connectivity index (χ0v) is 12.8. The molecule has 1 N–H and O–H groups in total. The predicted molar refractivity (Wildman–Crippen MR) is 77.2 cm³/mol. The van der Waals surface area contributed by atoms with Crippen LogP contribution in [-0.4, -0.2) is 20.5 Å². The first kappa shape index (κ1) is 14.1. The Balaban J connectivity index is 2.73. The Morgan fingerprint density at radius 3 is 2.58 bits per heavy atom. The first-order valence-electron chi connectivity index (χ1n) is 6.42. The highest BCUT2D eigenvalue weighted by atomic mass is 32.1. The van der Waals surface area contributed by atoms with Gasteiger partial charge in [-0.1, -0.05) is 34.6 Å². The SMILES string of the molecule is CC(C)c1nc2scc(C(C)(C)C)n2c1CC(=O)O. The number of fused-ring (bicyclic) bond motifs is 1. The maximum atomic E-state index is 11.1. The van der Waals surface area contributed by atoms with Gasteiger partial charge in [-0.25, -0.2) is 4.98 Å². The molecule has 0 bridgehead atoms. The number of thiazole rings is 1. The van der Waals surface area contributed by atoms with Crippen molar-refractivity contribution < 1.29 is 9.90 Å². The van der Waals surface area contributed by atoms with E-state index in [2.05, 4.69) is 45.0 Å². The fraction of sp³-hybridized carbons (Fsp3) is 0.571. The Kier molecular flexibility index (Phi) is 3.43. The average molecular weight is 280 g/mol. The normalized spacial score (nSPS) is 12.5. The zero-order valence-electron chi connectivity index (χ0n) is 12.0. The van der Waals surface area contributed by atoms with E-state index in [0.717, 1.165) is 22.0 Å². The van der Waals surface area contributed by atoms with Gasteiger partial charge in [0.05, 0.1) is 17.8 Å². The van der Waals surface area contributed by atoms with Gasteiger partial charge in [0.25, 0.3) is 0 Å². The quantitative estimate of drug-likeness (QED) is 0.937. The van der Waals surface area contributed by atoms with Crippen LogP contribution in [0.1, 0.15) is 57.6 Å². The van der Waals surface area contributed by atoms with Crippen LogP contribution in [0.2, 0.25) is 0 Å². The van der Waals surface area contributed by atoms with Crippen molar-refractivity contribution in [1.29, 1.82) is 0 Å². The van der Waals surface area contributed by atoms with Crippen LogP contribution in [0.5, 0.6) is 0 Å². The highest BCUT2D eigenvalue weighted by Crippen LogP contribution is 2.32. The van der Waals surface area contributed by atoms with E-state index < -0.39 is 5.97 Å². The molecule has 2 heterocycles. The minimum atomic E-state index is -0.810. The van der Waals surface area contributed by atoms with Gasteiger partial charge in [0.15, 0.2) is 4.96 Å². The van der Waals surface area contributed by atoms with Crippen molar-refractivity contribution in [2.24, 2.45) is 0 Å². The Bertz CT molecular complexity index is 617. The first-order chi connectivity index (χ1) is 8.71. The highest BCUT2D eigenvalue weighted by molar-refractivity contribution is 7.15. The number of carboxylic acid groups (broad SMARTS) is 1. The van der Waals surface area contributed by atoms with E-state index in [1.54, 1.807) is 11.3 Å². The molecule has 0 aromatic carbocycles. The van der Waals surface area contributed by atoms with Gasteiger partial charge in [0.1, 0.15) is 0 Å². The highest BCUT2D eigenvalue weighted by Gasteiger charge is 2.25. The number of aromatic nitrogens is 2. The Morgan fingerprint density at radius 2 is 2.11 bits per heavy atom. The molecule has 104 valence electrons. The van der Waals surface area contributed by atoms with E-state index in [4.69, 9.17) is 5.11 Å². The molecule has 0 saturated heterocycles. The van der Waals surface area contributed by atoms with Crippen LogP contribution < -0.4 is 0 Å². The molecule has 0 saturated carbocycles. The molecule has 0 atom stereocenters. The second-order valence-electron chi connectivity index (χ2n) is 6.16. The lowest BCUT2D eigenvalue weighted by molar-refractivity contribution is -0.136. The zero-order chi connectivity index (χ0) is 14.4. The summed E-state index contributed by atoms with van der Waals surface area (Å²) < 4.78 is 2.04. The van der Waals surface area contributed by atoms with Crippen LogP contribution in [-0.2, 0) is 16.6 Å². The second-order valence-corrected chi connectivity index (χ2v) is 6.99. The monoisotopic (exact) mass is 280 g/mol. The fourth-order valence-corrected chi connectivity index (χ4v) is 3.36. The van der Waals surface area contributed by atoms with Gasteiger partial charge in [0.2, 0.25) is 0 Å². The maximum Gasteiger partial charge on any atom is 0.309 e. The molecule has 2 aromatic rings. The molecule has 0 aliphatic rings. The fourth-order valence-electron chi connectivity index (χ4n) is 2.22. The Hall–Kier alpha value is -1.36. The lowest BCUT2D eigenvalue weighted by atomic mass is 9.93. The summed E-state index contributed by atoms with van der Waals surface area (Å²) in [6.07, 6.45) is 0.0223. The van der Waals surface area contributed by atoms with E-state index in [1.165, 1.54) is 0 Å². The van der Waals surface area contributed by atoms with E-state index in [1.807, 2.05) is 4.40 Å². The van der Waals surface area contributed by atoms with Crippen LogP contribution in [0, 0.1) is 0 Å². The molecule has 0 amide bonds. The lowest BCUT2D eigenvalue weighted by Crippen LogP contribution is -2.16. The lowest BCUT2D eigenvalue weighted by Gasteiger charge is -2.18. The minimum absolute atomic E-state index is 0.0223. The number of nitrogens with zero attached hydrogens (tertiary/aromatic N) is 2. The molecule has 0 aliphatic carbocycles. The van der Waals surface area contributed by atoms with Gasteiger partial charge in [0, 0.05) is 16.5 Å². The summed E-state index contributed by atoms with van der Waals surface area (Å²) in [6, 6.07) is 0. The van der Waals surface area contributed by atoms with Crippen LogP contribution in [0.4, 0.5) is 0 Å². The van der Waals surface area contributed by atoms with Crippen LogP contribution in [0.25, 0.3) is 4.96 Å². The average Bonchev–Trinajstić information content (AvgIpc) is 2.76. The molecular weight excluding hydrogens is 260 g/mol. The van der Waals surface area contributed by atoms with Crippen molar-refractivity contribution in [2.45, 2.75) is 52.4 Å². The molecule has 2 aromatic heterocycles. The summed E-state index contributed by atoms with van der Waals surface area (Å²) in [5.74, 6) is -0.580. The molecule has 0 radical (unpaired) electrons. The Morgan fingerprint density at radius 1 is 1.47 bits per heavy atom. The number of carbonyl (C=O) groups is 1. The van der Waals surface area contributed by atoms with E-state index in [9.17, 15) is 4.79 Å². The first-order valence-corrected chi connectivity index (χ1v) is 7.30. The smallest absolute Gasteiger partial charge is 0.309 e. The van der Waals surface area contributed by atoms with Crippen LogP contribution in [0.15, 0.2) is 5.38 Å². The standard InChI is InChI=1S/C14H20N2O2S/c1-8(2)12-9(6-11(17)18)16-10(14(3,4)5)7-19-13(16)15-12/h7-8H,6H2,1-5H3,(H,17,18). The molecule has 4 nitrogen and oxygen atoms in total. The molecule has 0 unspecified atom stereocenters. The summed E-state index contributed by atoms with van der Waals surface area (Å²) >= 11 is 1.58. The third-order valence-electron chi connectivity index (χ3n) is 3.12. The van der Waals surface area contributed by atoms with E-state index in [-0.39, 0.29) is 17.8 Å². The molecule has 0 fully saturated rings. The van der Waals surface area contributed by atoms with Gasteiger partial charge < -0.3 is 5.11 Å². The second kappa shape index (κ2) is 4.63. The third kappa shape index (κ3) is 2.52. The number of rotatable bonds is 3. The summed E-state index contributed by atoms with van der Waals surface area (Å²) in [5, 5.41) is 11.2. The van der Waals surface area contributed by atoms with E-state index >= 15 is 0 Å².